The number of hydrogen-bond acceptors (Lipinski definition) is 6. The van der Waals surface area contributed by atoms with Gasteiger partial charge in [0.2, 0.25) is 11.9 Å². The molecule has 0 atom stereocenters. The summed E-state index contributed by atoms with van der Waals surface area (Å²) in [5, 5.41) is 10.7. The first-order valence-electron chi connectivity index (χ1n) is 9.93. The van der Waals surface area contributed by atoms with Crippen molar-refractivity contribution in [1.29, 1.82) is 0 Å². The van der Waals surface area contributed by atoms with Gasteiger partial charge in [-0.2, -0.15) is 10.1 Å². The molecule has 1 aromatic heterocycles. The van der Waals surface area contributed by atoms with E-state index >= 15 is 0 Å². The average Bonchev–Trinajstić information content (AvgIpc) is 3.07. The Labute approximate surface area is 165 Å². The van der Waals surface area contributed by atoms with Crippen LogP contribution in [-0.4, -0.2) is 47.0 Å². The molecule has 1 aliphatic heterocycles. The Hall–Kier alpha value is -2.61. The van der Waals surface area contributed by atoms with Crippen LogP contribution in [0.3, 0.4) is 0 Å². The second-order valence-corrected chi connectivity index (χ2v) is 6.82. The Kier molecular flexibility index (Phi) is 7.25. The normalized spacial score (nSPS) is 14.6. The number of para-hydroxylation sites is 2. The minimum Gasteiger partial charge on any atom is -0.490 e. The van der Waals surface area contributed by atoms with Crippen molar-refractivity contribution in [2.45, 2.75) is 38.5 Å². The molecule has 1 fully saturated rings. The third-order valence-corrected chi connectivity index (χ3v) is 4.69. The number of benzene rings is 1. The summed E-state index contributed by atoms with van der Waals surface area (Å²) in [7, 11) is 1.81. The molecular formula is C20H29N5O3. The molecule has 3 rings (SSSR count). The summed E-state index contributed by atoms with van der Waals surface area (Å²) in [6.45, 7) is 4.93. The number of hydrogen-bond donors (Lipinski definition) is 2. The Morgan fingerprint density at radius 3 is 2.68 bits per heavy atom. The third kappa shape index (κ3) is 5.45. The van der Waals surface area contributed by atoms with Crippen LogP contribution >= 0.6 is 0 Å². The van der Waals surface area contributed by atoms with E-state index in [4.69, 9.17) is 9.47 Å². The van der Waals surface area contributed by atoms with Crippen LogP contribution in [0.4, 0.5) is 5.95 Å². The molecule has 1 aliphatic rings. The molecule has 8 nitrogen and oxygen atoms in total. The van der Waals surface area contributed by atoms with Crippen molar-refractivity contribution < 1.29 is 14.3 Å². The number of aryl methyl sites for hydroxylation is 1. The van der Waals surface area contributed by atoms with E-state index in [-0.39, 0.29) is 5.91 Å². The standard InChI is InChI=1S/C20H29N5O3/c1-3-27-16-7-4-5-8-17(16)28-14-6-9-18(26)22-20-23-19(24-25(20)2)15-10-12-21-13-11-15/h4-5,7-8,15,21H,3,6,9-14H2,1-2H3,(H,22,23,24,26). The van der Waals surface area contributed by atoms with Crippen LogP contribution in [-0.2, 0) is 11.8 Å². The Bertz CT molecular complexity index is 771. The van der Waals surface area contributed by atoms with E-state index in [0.717, 1.165) is 37.5 Å². The zero-order chi connectivity index (χ0) is 19.8. The lowest BCUT2D eigenvalue weighted by atomic mass is 9.98. The fourth-order valence-electron chi connectivity index (χ4n) is 3.21. The van der Waals surface area contributed by atoms with Gasteiger partial charge < -0.3 is 14.8 Å². The van der Waals surface area contributed by atoms with Crippen molar-refractivity contribution in [3.63, 3.8) is 0 Å². The summed E-state index contributed by atoms with van der Waals surface area (Å²) < 4.78 is 12.9. The van der Waals surface area contributed by atoms with Crippen LogP contribution in [0.25, 0.3) is 0 Å². The predicted octanol–water partition coefficient (Wildman–Crippen LogP) is 2.48. The van der Waals surface area contributed by atoms with Crippen LogP contribution in [0.15, 0.2) is 24.3 Å². The van der Waals surface area contributed by atoms with Crippen molar-refractivity contribution in [2.75, 3.05) is 31.6 Å². The van der Waals surface area contributed by atoms with Gasteiger partial charge in [-0.05, 0) is 51.4 Å². The summed E-state index contributed by atoms with van der Waals surface area (Å²) in [5.41, 5.74) is 0. The van der Waals surface area contributed by atoms with Gasteiger partial charge in [-0.15, -0.1) is 0 Å². The molecule has 2 N–H and O–H groups in total. The first kappa shape index (κ1) is 20.1. The zero-order valence-electron chi connectivity index (χ0n) is 16.6. The number of carbonyl (C=O) groups excluding carboxylic acids is 1. The van der Waals surface area contributed by atoms with E-state index in [9.17, 15) is 4.79 Å². The van der Waals surface area contributed by atoms with Gasteiger partial charge in [-0.3, -0.25) is 10.1 Å². The number of amides is 1. The maximum absolute atomic E-state index is 12.2. The summed E-state index contributed by atoms with van der Waals surface area (Å²) >= 11 is 0. The van der Waals surface area contributed by atoms with Gasteiger partial charge in [0, 0.05) is 19.4 Å². The summed E-state index contributed by atoms with van der Waals surface area (Å²) in [6.07, 6.45) is 3.01. The van der Waals surface area contributed by atoms with Gasteiger partial charge in [-0.25, -0.2) is 4.68 Å². The first-order chi connectivity index (χ1) is 13.7. The Morgan fingerprint density at radius 1 is 1.25 bits per heavy atom. The molecular weight excluding hydrogens is 358 g/mol. The molecule has 0 radical (unpaired) electrons. The molecule has 152 valence electrons. The molecule has 0 saturated carbocycles. The summed E-state index contributed by atoms with van der Waals surface area (Å²) in [6, 6.07) is 7.55. The molecule has 2 heterocycles. The minimum atomic E-state index is -0.0888. The Morgan fingerprint density at radius 2 is 1.96 bits per heavy atom. The number of rotatable bonds is 9. The second kappa shape index (κ2) is 10.1. The quantitative estimate of drug-likeness (QED) is 0.643. The topological polar surface area (TPSA) is 90.3 Å². The molecule has 8 heteroatoms. The molecule has 28 heavy (non-hydrogen) atoms. The van der Waals surface area contributed by atoms with Gasteiger partial charge in [0.1, 0.15) is 0 Å². The average molecular weight is 387 g/mol. The number of nitrogens with one attached hydrogen (secondary N) is 2. The molecule has 0 unspecified atom stereocenters. The lowest BCUT2D eigenvalue weighted by Gasteiger charge is -2.19. The van der Waals surface area contributed by atoms with Gasteiger partial charge in [0.15, 0.2) is 17.3 Å². The van der Waals surface area contributed by atoms with Gasteiger partial charge in [-0.1, -0.05) is 12.1 Å². The van der Waals surface area contributed by atoms with Crippen molar-refractivity contribution in [3.8, 4) is 11.5 Å². The molecule has 0 spiro atoms. The zero-order valence-corrected chi connectivity index (χ0v) is 16.6. The summed E-state index contributed by atoms with van der Waals surface area (Å²) in [5.74, 6) is 3.01. The second-order valence-electron chi connectivity index (χ2n) is 6.82. The molecule has 0 aliphatic carbocycles. The minimum absolute atomic E-state index is 0.0888. The highest BCUT2D eigenvalue weighted by atomic mass is 16.5. The van der Waals surface area contributed by atoms with E-state index in [1.54, 1.807) is 11.7 Å². The maximum atomic E-state index is 12.2. The maximum Gasteiger partial charge on any atom is 0.227 e. The van der Waals surface area contributed by atoms with Crippen LogP contribution in [0.1, 0.15) is 44.3 Å². The van der Waals surface area contributed by atoms with E-state index in [1.165, 1.54) is 0 Å². The van der Waals surface area contributed by atoms with Gasteiger partial charge in [0.05, 0.1) is 13.2 Å². The SMILES string of the molecule is CCOc1ccccc1OCCCC(=O)Nc1nc(C2CCNCC2)nn1C. The van der Waals surface area contributed by atoms with E-state index in [1.807, 2.05) is 31.2 Å². The third-order valence-electron chi connectivity index (χ3n) is 4.69. The smallest absolute Gasteiger partial charge is 0.227 e. The molecule has 1 saturated heterocycles. The Balaban J connectivity index is 1.44. The first-order valence-corrected chi connectivity index (χ1v) is 9.93. The van der Waals surface area contributed by atoms with Crippen molar-refractivity contribution in [2.24, 2.45) is 7.05 Å². The molecule has 0 bridgehead atoms. The lowest BCUT2D eigenvalue weighted by Crippen LogP contribution is -2.27. The number of nitrogens with zero attached hydrogens (tertiary/aromatic N) is 3. The van der Waals surface area contributed by atoms with Crippen molar-refractivity contribution >= 4 is 11.9 Å². The number of ether oxygens (including phenoxy) is 2. The highest BCUT2D eigenvalue weighted by Gasteiger charge is 2.21. The van der Waals surface area contributed by atoms with Crippen molar-refractivity contribution in [1.82, 2.24) is 20.1 Å². The highest BCUT2D eigenvalue weighted by molar-refractivity contribution is 5.88. The predicted molar refractivity (Wildman–Crippen MR) is 107 cm³/mol. The largest absolute Gasteiger partial charge is 0.490 e. The van der Waals surface area contributed by atoms with E-state index in [0.29, 0.717) is 43.7 Å². The number of piperidine rings is 1. The van der Waals surface area contributed by atoms with Crippen LogP contribution in [0, 0.1) is 0 Å². The van der Waals surface area contributed by atoms with Crippen LogP contribution < -0.4 is 20.1 Å². The van der Waals surface area contributed by atoms with E-state index in [2.05, 4.69) is 20.7 Å². The number of anilines is 1. The van der Waals surface area contributed by atoms with Crippen LogP contribution in [0.2, 0.25) is 0 Å². The molecule has 2 aromatic rings. The summed E-state index contributed by atoms with van der Waals surface area (Å²) in [4.78, 5) is 16.8. The van der Waals surface area contributed by atoms with E-state index < -0.39 is 0 Å². The fourth-order valence-corrected chi connectivity index (χ4v) is 3.21. The fraction of sp³-hybridized carbons (Fsp3) is 0.550. The monoisotopic (exact) mass is 387 g/mol. The number of aromatic nitrogens is 3. The molecule has 1 aromatic carbocycles. The van der Waals surface area contributed by atoms with Gasteiger partial charge >= 0.3 is 0 Å². The molecule has 1 amide bonds. The highest BCUT2D eigenvalue weighted by Crippen LogP contribution is 2.26. The van der Waals surface area contributed by atoms with Gasteiger partial charge in [0.25, 0.3) is 0 Å². The lowest BCUT2D eigenvalue weighted by molar-refractivity contribution is -0.116. The number of carbonyl (C=O) groups is 1. The van der Waals surface area contributed by atoms with Crippen molar-refractivity contribution in [3.05, 3.63) is 30.1 Å². The van der Waals surface area contributed by atoms with Crippen LogP contribution in [0.5, 0.6) is 11.5 Å².